The topological polar surface area (TPSA) is 102 Å². The van der Waals surface area contributed by atoms with E-state index in [0.717, 1.165) is 10.8 Å². The molecule has 0 bridgehead atoms. The third-order valence-corrected chi connectivity index (χ3v) is 3.62. The molecule has 9 nitrogen and oxygen atoms in total. The second-order valence-corrected chi connectivity index (χ2v) is 5.67. The molecule has 0 fully saturated rings. The van der Waals surface area contributed by atoms with Crippen molar-refractivity contribution in [3.63, 3.8) is 0 Å². The van der Waals surface area contributed by atoms with Crippen LogP contribution in [-0.2, 0) is 27.3 Å². The number of fused-ring (bicyclic) bond motifs is 1. The summed E-state index contributed by atoms with van der Waals surface area (Å²) >= 11 is 0. The summed E-state index contributed by atoms with van der Waals surface area (Å²) in [5, 5.41) is 15.3. The van der Waals surface area contributed by atoms with Gasteiger partial charge in [-0.05, 0) is 19.4 Å². The lowest BCUT2D eigenvalue weighted by atomic mass is 10.1. The van der Waals surface area contributed by atoms with Crippen LogP contribution in [0.3, 0.4) is 0 Å². The molecule has 3 aromatic rings. The molecule has 0 atom stereocenters. The van der Waals surface area contributed by atoms with E-state index < -0.39 is 5.91 Å². The highest BCUT2D eigenvalue weighted by Gasteiger charge is 2.18. The molecule has 2 heterocycles. The maximum absolute atomic E-state index is 12.3. The molecular weight excluding hydrogens is 350 g/mol. The molecule has 0 unspecified atom stereocenters. The maximum atomic E-state index is 12.3. The van der Waals surface area contributed by atoms with Crippen LogP contribution >= 0.6 is 0 Å². The molecule has 9 heteroatoms. The number of carbonyl (C=O) groups excluding carboxylic acids is 1. The van der Waals surface area contributed by atoms with Crippen molar-refractivity contribution in [3.05, 3.63) is 53.5 Å². The van der Waals surface area contributed by atoms with Gasteiger partial charge in [-0.2, -0.15) is 9.50 Å². The van der Waals surface area contributed by atoms with Gasteiger partial charge in [-0.15, -0.1) is 5.10 Å². The average molecular weight is 371 g/mol. The van der Waals surface area contributed by atoms with Gasteiger partial charge in [0.15, 0.2) is 5.82 Å². The number of hydrogen-bond donors (Lipinski definition) is 1. The van der Waals surface area contributed by atoms with E-state index in [1.807, 2.05) is 30.3 Å². The van der Waals surface area contributed by atoms with Gasteiger partial charge in [-0.1, -0.05) is 35.6 Å². The van der Waals surface area contributed by atoms with Crippen molar-refractivity contribution in [2.24, 2.45) is 0 Å². The number of hydrogen-bond acceptors (Lipinski definition) is 7. The van der Waals surface area contributed by atoms with Crippen molar-refractivity contribution < 1.29 is 19.6 Å². The standard InChI is InChI=1S/C18H21N5O4/c1-3-26-23(27-4-2)17(25)12-14-11-16(24)22-18(19-14)20-15(21-22)10-13-8-6-5-7-9-13/h5-9,11,24H,3-4,10,12H2,1-2H3. The van der Waals surface area contributed by atoms with Gasteiger partial charge in [0.05, 0.1) is 25.3 Å². The highest BCUT2D eigenvalue weighted by atomic mass is 17.0. The molecule has 142 valence electrons. The fourth-order valence-electron chi connectivity index (χ4n) is 2.52. The third kappa shape index (κ3) is 4.57. The van der Waals surface area contributed by atoms with Gasteiger partial charge in [-0.3, -0.25) is 4.79 Å². The van der Waals surface area contributed by atoms with E-state index in [1.54, 1.807) is 13.8 Å². The second kappa shape index (κ2) is 8.56. The predicted molar refractivity (Wildman–Crippen MR) is 95.5 cm³/mol. The van der Waals surface area contributed by atoms with Crippen LogP contribution in [0.5, 0.6) is 5.88 Å². The molecule has 2 aromatic heterocycles. The average Bonchev–Trinajstić information content (AvgIpc) is 3.05. The number of rotatable bonds is 8. The lowest BCUT2D eigenvalue weighted by molar-refractivity contribution is -0.338. The van der Waals surface area contributed by atoms with Crippen LogP contribution in [0.25, 0.3) is 5.78 Å². The third-order valence-electron chi connectivity index (χ3n) is 3.62. The summed E-state index contributed by atoms with van der Waals surface area (Å²) in [6.07, 6.45) is 0.408. The summed E-state index contributed by atoms with van der Waals surface area (Å²) in [4.78, 5) is 31.2. The number of amides is 1. The molecule has 0 saturated carbocycles. The van der Waals surface area contributed by atoms with Crippen LogP contribution in [0, 0.1) is 0 Å². The van der Waals surface area contributed by atoms with Crippen molar-refractivity contribution in [3.8, 4) is 5.88 Å². The van der Waals surface area contributed by atoms with Crippen molar-refractivity contribution in [1.82, 2.24) is 24.8 Å². The molecule has 0 aliphatic rings. The molecule has 0 saturated heterocycles. The zero-order valence-electron chi connectivity index (χ0n) is 15.2. The quantitative estimate of drug-likeness (QED) is 0.601. The molecule has 1 amide bonds. The smallest absolute Gasteiger partial charge is 0.279 e. The Bertz CT molecular complexity index is 907. The SMILES string of the molecule is CCON(OCC)C(=O)Cc1cc(O)n2nc(Cc3ccccc3)nc2n1. The minimum atomic E-state index is -0.432. The second-order valence-electron chi connectivity index (χ2n) is 5.67. The van der Waals surface area contributed by atoms with Crippen LogP contribution < -0.4 is 0 Å². The first-order valence-corrected chi connectivity index (χ1v) is 8.68. The van der Waals surface area contributed by atoms with Gasteiger partial charge in [0.1, 0.15) is 0 Å². The van der Waals surface area contributed by atoms with Crippen molar-refractivity contribution in [2.45, 2.75) is 26.7 Å². The lowest BCUT2D eigenvalue weighted by Gasteiger charge is -2.18. The number of aromatic hydroxyl groups is 1. The Morgan fingerprint density at radius 1 is 1.15 bits per heavy atom. The van der Waals surface area contributed by atoms with E-state index in [-0.39, 0.29) is 31.3 Å². The van der Waals surface area contributed by atoms with E-state index in [9.17, 15) is 9.90 Å². The molecular formula is C18H21N5O4. The fraction of sp³-hybridized carbons (Fsp3) is 0.333. The van der Waals surface area contributed by atoms with Crippen LogP contribution in [-0.4, -0.2) is 49.0 Å². The summed E-state index contributed by atoms with van der Waals surface area (Å²) < 4.78 is 1.25. The first-order chi connectivity index (χ1) is 13.1. The molecule has 3 rings (SSSR count). The van der Waals surface area contributed by atoms with Crippen LogP contribution in [0.1, 0.15) is 30.9 Å². The number of benzene rings is 1. The molecule has 1 N–H and O–H groups in total. The van der Waals surface area contributed by atoms with E-state index in [1.165, 1.54) is 10.6 Å². The summed E-state index contributed by atoms with van der Waals surface area (Å²) in [5.41, 5.74) is 1.39. The molecule has 0 aliphatic carbocycles. The monoisotopic (exact) mass is 371 g/mol. The normalized spacial score (nSPS) is 11.0. The molecule has 0 aliphatic heterocycles. The fourth-order valence-corrected chi connectivity index (χ4v) is 2.52. The van der Waals surface area contributed by atoms with Gasteiger partial charge >= 0.3 is 0 Å². The van der Waals surface area contributed by atoms with Crippen molar-refractivity contribution in [1.29, 1.82) is 0 Å². The Morgan fingerprint density at radius 2 is 1.85 bits per heavy atom. The highest BCUT2D eigenvalue weighted by molar-refractivity contribution is 5.76. The minimum absolute atomic E-state index is 0.106. The van der Waals surface area contributed by atoms with Crippen LogP contribution in [0.15, 0.2) is 36.4 Å². The van der Waals surface area contributed by atoms with Gasteiger partial charge < -0.3 is 5.11 Å². The zero-order valence-corrected chi connectivity index (χ0v) is 15.2. The van der Waals surface area contributed by atoms with Crippen LogP contribution in [0.4, 0.5) is 0 Å². The van der Waals surface area contributed by atoms with E-state index in [4.69, 9.17) is 9.68 Å². The Balaban J connectivity index is 1.80. The minimum Gasteiger partial charge on any atom is -0.493 e. The summed E-state index contributed by atoms with van der Waals surface area (Å²) in [5.74, 6) is 0.175. The summed E-state index contributed by atoms with van der Waals surface area (Å²) in [6, 6.07) is 11.1. The number of nitrogens with zero attached hydrogens (tertiary/aromatic N) is 5. The number of carbonyl (C=O) groups is 1. The molecule has 0 radical (unpaired) electrons. The predicted octanol–water partition coefficient (Wildman–Crippen LogP) is 1.69. The molecule has 1 aromatic carbocycles. The van der Waals surface area contributed by atoms with Gasteiger partial charge in [-0.25, -0.2) is 14.7 Å². The van der Waals surface area contributed by atoms with Crippen LogP contribution in [0.2, 0.25) is 0 Å². The molecule has 0 spiro atoms. The summed E-state index contributed by atoms with van der Waals surface area (Å²) in [6.45, 7) is 4.08. The van der Waals surface area contributed by atoms with E-state index in [0.29, 0.717) is 17.9 Å². The molecule has 27 heavy (non-hydrogen) atoms. The van der Waals surface area contributed by atoms with Gasteiger partial charge in [0.25, 0.3) is 11.7 Å². The lowest BCUT2D eigenvalue weighted by Crippen LogP contribution is -2.33. The highest BCUT2D eigenvalue weighted by Crippen LogP contribution is 2.15. The zero-order chi connectivity index (χ0) is 19.2. The number of aromatic nitrogens is 4. The Labute approximate surface area is 156 Å². The largest absolute Gasteiger partial charge is 0.493 e. The van der Waals surface area contributed by atoms with Crippen molar-refractivity contribution in [2.75, 3.05) is 13.2 Å². The first kappa shape index (κ1) is 18.7. The van der Waals surface area contributed by atoms with E-state index >= 15 is 0 Å². The van der Waals surface area contributed by atoms with Gasteiger partial charge in [0, 0.05) is 12.5 Å². The first-order valence-electron chi connectivity index (χ1n) is 8.68. The summed E-state index contributed by atoms with van der Waals surface area (Å²) in [7, 11) is 0. The van der Waals surface area contributed by atoms with E-state index in [2.05, 4.69) is 15.1 Å². The van der Waals surface area contributed by atoms with Gasteiger partial charge in [0.2, 0.25) is 5.88 Å². The Hall–Kier alpha value is -3.04. The maximum Gasteiger partial charge on any atom is 0.279 e. The van der Waals surface area contributed by atoms with Crippen molar-refractivity contribution >= 4 is 11.7 Å². The number of hydroxylamine groups is 2. The Morgan fingerprint density at radius 3 is 2.52 bits per heavy atom. The Kier molecular flexibility index (Phi) is 5.94.